The van der Waals surface area contributed by atoms with Gasteiger partial charge in [0, 0.05) is 6.54 Å². The molecule has 1 aromatic heterocycles. The molecule has 0 N–H and O–H groups in total. The summed E-state index contributed by atoms with van der Waals surface area (Å²) in [5.41, 5.74) is 4.22. The first-order valence-corrected chi connectivity index (χ1v) is 10.3. The number of hydrogen-bond donors (Lipinski definition) is 0. The Morgan fingerprint density at radius 2 is 1.67 bits per heavy atom. The van der Waals surface area contributed by atoms with Crippen molar-refractivity contribution >= 4 is 23.2 Å². The van der Waals surface area contributed by atoms with Crippen molar-refractivity contribution in [3.05, 3.63) is 105 Å². The lowest BCUT2D eigenvalue weighted by atomic mass is 10.0. The van der Waals surface area contributed by atoms with Gasteiger partial charge in [0.1, 0.15) is 0 Å². The van der Waals surface area contributed by atoms with Gasteiger partial charge in [0.15, 0.2) is 5.82 Å². The number of benzene rings is 3. The first-order valence-electron chi connectivity index (χ1n) is 9.58. The number of halogens is 2. The Labute approximate surface area is 185 Å². The number of aryl methyl sites for hydroxylation is 1. The highest BCUT2D eigenvalue weighted by Crippen LogP contribution is 2.30. The Kier molecular flexibility index (Phi) is 6.13. The second-order valence-electron chi connectivity index (χ2n) is 7.21. The quantitative estimate of drug-likeness (QED) is 0.399. The van der Waals surface area contributed by atoms with E-state index in [2.05, 4.69) is 52.6 Å². The topological polar surface area (TPSA) is 46.8 Å². The standard InChI is InChI=1S/C23H21Cl2N5/c1-16-8-6-7-11-21(16)30-23(26-27-28-30)22(18-9-4-3-5-10-18)29(2)15-17-12-13-19(24)20(25)14-17/h3-14,22H,15H2,1-2H3/t22-/m1/s1. The molecule has 0 bridgehead atoms. The molecule has 3 aromatic carbocycles. The number of aromatic nitrogens is 4. The maximum atomic E-state index is 6.23. The van der Waals surface area contributed by atoms with E-state index < -0.39 is 0 Å². The lowest BCUT2D eigenvalue weighted by molar-refractivity contribution is 0.258. The Morgan fingerprint density at radius 1 is 0.933 bits per heavy atom. The van der Waals surface area contributed by atoms with E-state index in [-0.39, 0.29) is 6.04 Å². The number of rotatable bonds is 6. The number of para-hydroxylation sites is 1. The predicted molar refractivity (Wildman–Crippen MR) is 120 cm³/mol. The minimum Gasteiger partial charge on any atom is -0.288 e. The molecule has 1 atom stereocenters. The lowest BCUT2D eigenvalue weighted by Gasteiger charge is -2.28. The molecular weight excluding hydrogens is 417 g/mol. The summed E-state index contributed by atoms with van der Waals surface area (Å²) in [6, 6.07) is 23.9. The first-order chi connectivity index (χ1) is 14.5. The van der Waals surface area contributed by atoms with Gasteiger partial charge < -0.3 is 0 Å². The molecule has 0 spiro atoms. The van der Waals surface area contributed by atoms with Crippen LogP contribution in [0.5, 0.6) is 0 Å². The minimum atomic E-state index is -0.157. The average Bonchev–Trinajstić information content (AvgIpc) is 3.21. The second-order valence-corrected chi connectivity index (χ2v) is 8.03. The van der Waals surface area contributed by atoms with Crippen molar-refractivity contribution in [2.24, 2.45) is 0 Å². The molecule has 0 saturated heterocycles. The normalized spacial score (nSPS) is 12.3. The summed E-state index contributed by atoms with van der Waals surface area (Å²) < 4.78 is 1.82. The summed E-state index contributed by atoms with van der Waals surface area (Å²) >= 11 is 12.3. The molecule has 0 aliphatic heterocycles. The van der Waals surface area contributed by atoms with Crippen molar-refractivity contribution in [2.75, 3.05) is 7.05 Å². The summed E-state index contributed by atoms with van der Waals surface area (Å²) in [6.07, 6.45) is 0. The molecule has 5 nitrogen and oxygen atoms in total. The highest BCUT2D eigenvalue weighted by molar-refractivity contribution is 6.42. The van der Waals surface area contributed by atoms with Crippen LogP contribution >= 0.6 is 23.2 Å². The molecular formula is C23H21Cl2N5. The molecule has 0 radical (unpaired) electrons. The van der Waals surface area contributed by atoms with E-state index in [9.17, 15) is 0 Å². The maximum absolute atomic E-state index is 6.23. The molecule has 1 heterocycles. The van der Waals surface area contributed by atoms with E-state index in [4.69, 9.17) is 23.2 Å². The zero-order valence-electron chi connectivity index (χ0n) is 16.7. The van der Waals surface area contributed by atoms with Gasteiger partial charge in [0.25, 0.3) is 0 Å². The molecule has 0 saturated carbocycles. The van der Waals surface area contributed by atoms with Crippen LogP contribution < -0.4 is 0 Å². The summed E-state index contributed by atoms with van der Waals surface area (Å²) in [5.74, 6) is 0.748. The zero-order valence-corrected chi connectivity index (χ0v) is 18.2. The van der Waals surface area contributed by atoms with E-state index in [0.717, 1.165) is 28.2 Å². The summed E-state index contributed by atoms with van der Waals surface area (Å²) in [6.45, 7) is 2.70. The van der Waals surface area contributed by atoms with Crippen LogP contribution in [0.15, 0.2) is 72.8 Å². The Balaban J connectivity index is 1.76. The van der Waals surface area contributed by atoms with Crippen molar-refractivity contribution < 1.29 is 0 Å². The lowest BCUT2D eigenvalue weighted by Crippen LogP contribution is -2.28. The Hall–Kier alpha value is -2.73. The van der Waals surface area contributed by atoms with Gasteiger partial charge in [-0.2, -0.15) is 4.68 Å². The van der Waals surface area contributed by atoms with Gasteiger partial charge in [-0.25, -0.2) is 0 Å². The molecule has 0 unspecified atom stereocenters. The van der Waals surface area contributed by atoms with E-state index in [0.29, 0.717) is 16.6 Å². The van der Waals surface area contributed by atoms with Crippen LogP contribution in [-0.2, 0) is 6.54 Å². The highest BCUT2D eigenvalue weighted by atomic mass is 35.5. The van der Waals surface area contributed by atoms with Crippen LogP contribution in [0.25, 0.3) is 5.69 Å². The van der Waals surface area contributed by atoms with Crippen molar-refractivity contribution in [3.63, 3.8) is 0 Å². The van der Waals surface area contributed by atoms with Crippen LogP contribution in [-0.4, -0.2) is 32.2 Å². The number of hydrogen-bond acceptors (Lipinski definition) is 4. The molecule has 0 aliphatic carbocycles. The molecule has 152 valence electrons. The molecule has 0 amide bonds. The van der Waals surface area contributed by atoms with E-state index in [1.807, 2.05) is 59.3 Å². The van der Waals surface area contributed by atoms with E-state index in [1.165, 1.54) is 0 Å². The Bertz CT molecular complexity index is 1140. The first kappa shape index (κ1) is 20.5. The van der Waals surface area contributed by atoms with Gasteiger partial charge in [0.2, 0.25) is 0 Å². The Morgan fingerprint density at radius 3 is 2.40 bits per heavy atom. The van der Waals surface area contributed by atoms with E-state index >= 15 is 0 Å². The van der Waals surface area contributed by atoms with E-state index in [1.54, 1.807) is 0 Å². The predicted octanol–water partition coefficient (Wildman–Crippen LogP) is 5.50. The SMILES string of the molecule is Cc1ccccc1-n1nnnc1[C@@H](c1ccccc1)N(C)Cc1ccc(Cl)c(Cl)c1. The van der Waals surface area contributed by atoms with Crippen molar-refractivity contribution in [2.45, 2.75) is 19.5 Å². The second kappa shape index (κ2) is 8.96. The molecule has 7 heteroatoms. The van der Waals surface area contributed by atoms with Gasteiger partial charge in [-0.1, -0.05) is 77.8 Å². The fourth-order valence-corrected chi connectivity index (χ4v) is 3.91. The molecule has 0 fully saturated rings. The van der Waals surface area contributed by atoms with Gasteiger partial charge in [-0.3, -0.25) is 4.90 Å². The van der Waals surface area contributed by atoms with Crippen LogP contribution in [0.1, 0.15) is 28.6 Å². The fraction of sp³-hybridized carbons (Fsp3) is 0.174. The number of tetrazole rings is 1. The van der Waals surface area contributed by atoms with Crippen LogP contribution in [0.4, 0.5) is 0 Å². The van der Waals surface area contributed by atoms with Crippen LogP contribution in [0, 0.1) is 6.92 Å². The minimum absolute atomic E-state index is 0.157. The van der Waals surface area contributed by atoms with Gasteiger partial charge in [-0.05, 0) is 59.3 Å². The zero-order chi connectivity index (χ0) is 21.1. The van der Waals surface area contributed by atoms with Crippen molar-refractivity contribution in [1.29, 1.82) is 0 Å². The molecule has 30 heavy (non-hydrogen) atoms. The smallest absolute Gasteiger partial charge is 0.178 e. The summed E-state index contributed by atoms with van der Waals surface area (Å²) in [7, 11) is 2.05. The number of nitrogens with zero attached hydrogens (tertiary/aromatic N) is 5. The molecule has 0 aliphatic rings. The van der Waals surface area contributed by atoms with Gasteiger partial charge >= 0.3 is 0 Å². The third-order valence-electron chi connectivity index (χ3n) is 5.05. The third-order valence-corrected chi connectivity index (χ3v) is 5.79. The monoisotopic (exact) mass is 437 g/mol. The third kappa shape index (κ3) is 4.24. The average molecular weight is 438 g/mol. The fourth-order valence-electron chi connectivity index (χ4n) is 3.59. The molecule has 4 aromatic rings. The van der Waals surface area contributed by atoms with Crippen LogP contribution in [0.3, 0.4) is 0 Å². The van der Waals surface area contributed by atoms with Gasteiger partial charge in [-0.15, -0.1) is 5.10 Å². The van der Waals surface area contributed by atoms with Gasteiger partial charge in [0.05, 0.1) is 21.8 Å². The summed E-state index contributed by atoms with van der Waals surface area (Å²) in [4.78, 5) is 2.20. The molecule has 4 rings (SSSR count). The highest BCUT2D eigenvalue weighted by Gasteiger charge is 2.26. The van der Waals surface area contributed by atoms with Crippen molar-refractivity contribution in [1.82, 2.24) is 25.1 Å². The summed E-state index contributed by atoms with van der Waals surface area (Å²) in [5, 5.41) is 13.8. The van der Waals surface area contributed by atoms with Crippen LogP contribution in [0.2, 0.25) is 10.0 Å². The maximum Gasteiger partial charge on any atom is 0.178 e. The largest absolute Gasteiger partial charge is 0.288 e. The van der Waals surface area contributed by atoms with Crippen molar-refractivity contribution in [3.8, 4) is 5.69 Å².